The summed E-state index contributed by atoms with van der Waals surface area (Å²) in [7, 11) is 3.70. The molecule has 0 atom stereocenters. The van der Waals surface area contributed by atoms with Crippen LogP contribution in [-0.2, 0) is 9.59 Å². The highest BCUT2D eigenvalue weighted by Gasteiger charge is 2.09. The van der Waals surface area contributed by atoms with Crippen molar-refractivity contribution in [3.05, 3.63) is 18.3 Å². The molecule has 1 aromatic heterocycles. The molecule has 0 spiro atoms. The lowest BCUT2D eigenvalue weighted by Gasteiger charge is -2.16. The number of hydrogen-bond acceptors (Lipinski definition) is 4. The monoisotopic (exact) mass is 265 g/mol. The Labute approximate surface area is 112 Å². The van der Waals surface area contributed by atoms with Crippen molar-refractivity contribution in [3.63, 3.8) is 0 Å². The number of carboxylic acid groups (broad SMARTS) is 1. The van der Waals surface area contributed by atoms with E-state index in [-0.39, 0.29) is 12.3 Å². The first-order valence-corrected chi connectivity index (χ1v) is 6.14. The molecule has 0 fully saturated rings. The second-order valence-electron chi connectivity index (χ2n) is 4.42. The molecule has 0 aliphatic carbocycles. The summed E-state index contributed by atoms with van der Waals surface area (Å²) in [5.41, 5.74) is 0.663. The fraction of sp³-hybridized carbons (Fsp3) is 0.462. The number of amides is 1. The highest BCUT2D eigenvalue weighted by molar-refractivity contribution is 5.93. The van der Waals surface area contributed by atoms with E-state index in [1.54, 1.807) is 18.3 Å². The predicted molar refractivity (Wildman–Crippen MR) is 73.3 cm³/mol. The summed E-state index contributed by atoms with van der Waals surface area (Å²) in [6.07, 6.45) is 3.15. The van der Waals surface area contributed by atoms with Crippen LogP contribution in [0.25, 0.3) is 0 Å². The van der Waals surface area contributed by atoms with Crippen molar-refractivity contribution in [1.29, 1.82) is 0 Å². The molecule has 0 bridgehead atoms. The molecular weight excluding hydrogens is 246 g/mol. The Bertz CT molecular complexity index is 447. The Hall–Kier alpha value is -2.11. The molecule has 6 nitrogen and oxygen atoms in total. The van der Waals surface area contributed by atoms with Gasteiger partial charge in [-0.1, -0.05) is 0 Å². The van der Waals surface area contributed by atoms with Gasteiger partial charge in [-0.3, -0.25) is 9.59 Å². The highest BCUT2D eigenvalue weighted by Crippen LogP contribution is 2.20. The van der Waals surface area contributed by atoms with E-state index in [0.717, 1.165) is 0 Å². The maximum Gasteiger partial charge on any atom is 0.303 e. The van der Waals surface area contributed by atoms with Crippen LogP contribution in [0.4, 0.5) is 11.5 Å². The molecule has 0 saturated heterocycles. The molecule has 1 rings (SSSR count). The number of carboxylic acids is 1. The van der Waals surface area contributed by atoms with Gasteiger partial charge in [0.25, 0.3) is 0 Å². The quantitative estimate of drug-likeness (QED) is 0.734. The summed E-state index contributed by atoms with van der Waals surface area (Å²) in [4.78, 5) is 28.1. The molecule has 6 heteroatoms. The molecule has 1 heterocycles. The topological polar surface area (TPSA) is 82.5 Å². The van der Waals surface area contributed by atoms with Crippen molar-refractivity contribution >= 4 is 23.4 Å². The lowest BCUT2D eigenvalue weighted by molar-refractivity contribution is -0.137. The lowest BCUT2D eigenvalue weighted by Crippen LogP contribution is -2.17. The molecular formula is C13H19N3O3. The number of hydrogen-bond donors (Lipinski definition) is 2. The number of anilines is 2. The van der Waals surface area contributed by atoms with Crippen molar-refractivity contribution in [1.82, 2.24) is 4.98 Å². The van der Waals surface area contributed by atoms with Gasteiger partial charge in [-0.15, -0.1) is 0 Å². The van der Waals surface area contributed by atoms with Crippen molar-refractivity contribution in [2.24, 2.45) is 0 Å². The SMILES string of the molecule is CN(C)c1ncccc1NC(=O)CCCCC(=O)O. The van der Waals surface area contributed by atoms with Crippen LogP contribution in [0, 0.1) is 0 Å². The van der Waals surface area contributed by atoms with Gasteiger partial charge < -0.3 is 15.3 Å². The molecule has 0 saturated carbocycles. The Balaban J connectivity index is 2.46. The molecule has 104 valence electrons. The first-order chi connectivity index (χ1) is 9.00. The van der Waals surface area contributed by atoms with Crippen molar-refractivity contribution < 1.29 is 14.7 Å². The van der Waals surface area contributed by atoms with Gasteiger partial charge in [0, 0.05) is 33.1 Å². The minimum Gasteiger partial charge on any atom is -0.481 e. The Morgan fingerprint density at radius 3 is 2.63 bits per heavy atom. The van der Waals surface area contributed by atoms with Crippen LogP contribution in [0.5, 0.6) is 0 Å². The van der Waals surface area contributed by atoms with Crippen LogP contribution in [0.2, 0.25) is 0 Å². The van der Waals surface area contributed by atoms with Crippen LogP contribution in [0.15, 0.2) is 18.3 Å². The summed E-state index contributed by atoms with van der Waals surface area (Å²) >= 11 is 0. The summed E-state index contributed by atoms with van der Waals surface area (Å²) in [6.45, 7) is 0. The van der Waals surface area contributed by atoms with Gasteiger partial charge in [0.15, 0.2) is 5.82 Å². The third-order valence-electron chi connectivity index (χ3n) is 2.53. The second kappa shape index (κ2) is 7.35. The van der Waals surface area contributed by atoms with Crippen LogP contribution < -0.4 is 10.2 Å². The van der Waals surface area contributed by atoms with Crippen LogP contribution >= 0.6 is 0 Å². The molecule has 19 heavy (non-hydrogen) atoms. The number of nitrogens with one attached hydrogen (secondary N) is 1. The lowest BCUT2D eigenvalue weighted by atomic mass is 10.2. The zero-order valence-corrected chi connectivity index (χ0v) is 11.2. The van der Waals surface area contributed by atoms with E-state index >= 15 is 0 Å². The molecule has 1 aromatic rings. The molecule has 0 aromatic carbocycles. The van der Waals surface area contributed by atoms with Crippen LogP contribution in [0.3, 0.4) is 0 Å². The molecule has 0 unspecified atom stereocenters. The highest BCUT2D eigenvalue weighted by atomic mass is 16.4. The number of carbonyl (C=O) groups excluding carboxylic acids is 1. The van der Waals surface area contributed by atoms with Gasteiger partial charge in [0.1, 0.15) is 0 Å². The molecule has 1 amide bonds. The molecule has 0 aliphatic rings. The second-order valence-corrected chi connectivity index (χ2v) is 4.42. The first-order valence-electron chi connectivity index (χ1n) is 6.14. The average Bonchev–Trinajstić information content (AvgIpc) is 2.35. The Kier molecular flexibility index (Phi) is 5.78. The Morgan fingerprint density at radius 1 is 1.32 bits per heavy atom. The largest absolute Gasteiger partial charge is 0.481 e. The smallest absolute Gasteiger partial charge is 0.303 e. The van der Waals surface area contributed by atoms with Gasteiger partial charge >= 0.3 is 5.97 Å². The van der Waals surface area contributed by atoms with E-state index in [1.165, 1.54) is 0 Å². The zero-order valence-electron chi connectivity index (χ0n) is 11.2. The third kappa shape index (κ3) is 5.37. The van der Waals surface area contributed by atoms with Crippen LogP contribution in [0.1, 0.15) is 25.7 Å². The summed E-state index contributed by atoms with van der Waals surface area (Å²) in [5.74, 6) is -0.259. The van der Waals surface area contributed by atoms with Gasteiger partial charge in [-0.2, -0.15) is 0 Å². The van der Waals surface area contributed by atoms with Gasteiger partial charge in [0.05, 0.1) is 5.69 Å². The van der Waals surface area contributed by atoms with Crippen molar-refractivity contribution in [2.45, 2.75) is 25.7 Å². The van der Waals surface area contributed by atoms with Gasteiger partial charge in [0.2, 0.25) is 5.91 Å². The molecule has 0 radical (unpaired) electrons. The first kappa shape index (κ1) is 14.9. The fourth-order valence-electron chi connectivity index (χ4n) is 1.63. The summed E-state index contributed by atoms with van der Waals surface area (Å²) < 4.78 is 0. The molecule has 2 N–H and O–H groups in total. The predicted octanol–water partition coefficient (Wildman–Crippen LogP) is 1.73. The van der Waals surface area contributed by atoms with Gasteiger partial charge in [-0.05, 0) is 25.0 Å². The number of aliphatic carboxylic acids is 1. The summed E-state index contributed by atoms with van der Waals surface area (Å²) in [6, 6.07) is 3.55. The number of pyridine rings is 1. The van der Waals surface area contributed by atoms with Crippen molar-refractivity contribution in [3.8, 4) is 0 Å². The third-order valence-corrected chi connectivity index (χ3v) is 2.53. The normalized spacial score (nSPS) is 10.0. The van der Waals surface area contributed by atoms with E-state index in [1.807, 2.05) is 19.0 Å². The fourth-order valence-corrected chi connectivity index (χ4v) is 1.63. The van der Waals surface area contributed by atoms with E-state index in [0.29, 0.717) is 30.8 Å². The molecule has 0 aliphatic heterocycles. The maximum atomic E-state index is 11.7. The number of nitrogens with zero attached hydrogens (tertiary/aromatic N) is 2. The number of rotatable bonds is 7. The number of carbonyl (C=O) groups is 2. The standard InChI is InChI=1S/C13H19N3O3/c1-16(2)13-10(6-5-9-14-13)15-11(17)7-3-4-8-12(18)19/h5-6,9H,3-4,7-8H2,1-2H3,(H,15,17)(H,18,19). The van der Waals surface area contributed by atoms with Gasteiger partial charge in [-0.25, -0.2) is 4.98 Å². The number of aromatic nitrogens is 1. The minimum absolute atomic E-state index is 0.100. The van der Waals surface area contributed by atoms with E-state index in [4.69, 9.17) is 5.11 Å². The minimum atomic E-state index is -0.831. The Morgan fingerprint density at radius 2 is 2.00 bits per heavy atom. The average molecular weight is 265 g/mol. The zero-order chi connectivity index (χ0) is 14.3. The maximum absolute atomic E-state index is 11.7. The summed E-state index contributed by atoms with van der Waals surface area (Å²) in [5, 5.41) is 11.3. The number of unbranched alkanes of at least 4 members (excludes halogenated alkanes) is 1. The van der Waals surface area contributed by atoms with E-state index in [9.17, 15) is 9.59 Å². The van der Waals surface area contributed by atoms with E-state index in [2.05, 4.69) is 10.3 Å². The van der Waals surface area contributed by atoms with Crippen LogP contribution in [-0.4, -0.2) is 36.1 Å². The van der Waals surface area contributed by atoms with Crippen molar-refractivity contribution in [2.75, 3.05) is 24.3 Å². The van der Waals surface area contributed by atoms with E-state index < -0.39 is 5.97 Å².